The van der Waals surface area contributed by atoms with E-state index in [1.165, 1.54) is 39.7 Å². The van der Waals surface area contributed by atoms with Crippen LogP contribution in [0.1, 0.15) is 64.1 Å². The molecule has 0 saturated carbocycles. The van der Waals surface area contributed by atoms with Gasteiger partial charge in [-0.05, 0) is 61.8 Å². The predicted octanol–water partition coefficient (Wildman–Crippen LogP) is 1.81. The number of aliphatic hydroxyl groups excluding tert-OH is 1. The van der Waals surface area contributed by atoms with Gasteiger partial charge in [0.1, 0.15) is 0 Å². The van der Waals surface area contributed by atoms with Crippen LogP contribution in [0.5, 0.6) is 0 Å². The Morgan fingerprint density at radius 3 is 1.85 bits per heavy atom. The van der Waals surface area contributed by atoms with E-state index in [2.05, 4.69) is 79.8 Å². The standard InChI is InChI=1S/C10H11N3O3.C10H11NO4.C9H7N5O.C4H10O.CH3ClN2.CH2N2.CH4.ClH.H4N2/c1-16-9(15)5-3-2-4-6-7(5)8(14)13-10(11)12-6;1-14-9(12)6-4-3-5-7(11)8(6)10(13)15-2;10-9-11-5-3-1-2-4-6(5)7(12-9)13-14-8(4)15;1-3-5-4-2;2-1(3)4;2-1-3;;;1-2/h2-4,8,14H,1H3,(H3,11,12,13);3-5H,11H2,1-2H3;1-3H,(H,14,15)(H3,10,11,12,13);3-4H2,1-2H3;(H3,3,4);2H2;1H4;1H;1-2H2. The summed E-state index contributed by atoms with van der Waals surface area (Å²) in [6.45, 7) is 5.67. The van der Waals surface area contributed by atoms with Gasteiger partial charge in [0.2, 0.25) is 0 Å². The molecule has 2 aliphatic heterocycles. The van der Waals surface area contributed by atoms with E-state index in [4.69, 9.17) is 32.6 Å². The third-order valence-electron chi connectivity index (χ3n) is 6.88. The summed E-state index contributed by atoms with van der Waals surface area (Å²) in [5.74, 6) is 7.03. The van der Waals surface area contributed by atoms with Gasteiger partial charge < -0.3 is 63.4 Å². The Labute approximate surface area is 367 Å². The number of aliphatic hydroxyl groups is 1. The Morgan fingerprint density at radius 1 is 0.871 bits per heavy atom. The van der Waals surface area contributed by atoms with Crippen molar-refractivity contribution < 1.29 is 38.4 Å². The van der Waals surface area contributed by atoms with Crippen LogP contribution in [0.25, 0.3) is 10.8 Å². The largest absolute Gasteiger partial charge is 0.465 e. The molecule has 0 radical (unpaired) electrons. The summed E-state index contributed by atoms with van der Waals surface area (Å²) < 4.78 is 18.5. The summed E-state index contributed by atoms with van der Waals surface area (Å²) in [5, 5.41) is 35.7. The van der Waals surface area contributed by atoms with Crippen LogP contribution < -0.4 is 56.5 Å². The number of fused-ring (bicyclic) bond motifs is 1. The lowest BCUT2D eigenvalue weighted by atomic mass is 10.0. The van der Waals surface area contributed by atoms with Gasteiger partial charge in [0, 0.05) is 30.2 Å². The van der Waals surface area contributed by atoms with Gasteiger partial charge >= 0.3 is 17.9 Å². The van der Waals surface area contributed by atoms with Gasteiger partial charge in [0.25, 0.3) is 5.56 Å². The number of halogens is 2. The molecule has 3 aromatic carbocycles. The SMILES string of the molecule is C.CCOCC.COC(=O)c1cccc(N)c1C(=O)OC.COC(=O)c1cccc2c1C(O)N=C(N)N2.Cl.N#CN.N=C(N)Cl.NC1=Nc2n[nH]c(=O)c3cccc(c23)N1.NN. The molecule has 340 valence electrons. The molecular weight excluding hydrogens is 857 g/mol. The number of amidine groups is 1. The van der Waals surface area contributed by atoms with Gasteiger partial charge in [-0.15, -0.1) is 12.4 Å². The van der Waals surface area contributed by atoms with Crippen LogP contribution in [0.4, 0.5) is 22.9 Å². The van der Waals surface area contributed by atoms with E-state index in [9.17, 15) is 24.3 Å². The van der Waals surface area contributed by atoms with E-state index in [1.807, 2.05) is 19.9 Å². The zero-order valence-corrected chi connectivity index (χ0v) is 35.1. The molecule has 0 saturated heterocycles. The highest BCUT2D eigenvalue weighted by molar-refractivity contribution is 6.63. The number of aromatic amines is 1. The lowest BCUT2D eigenvalue weighted by Crippen LogP contribution is -2.29. The number of methoxy groups -OCH3 is 3. The minimum Gasteiger partial charge on any atom is -0.465 e. The molecule has 3 heterocycles. The van der Waals surface area contributed by atoms with Crippen LogP contribution in [-0.4, -0.2) is 85.0 Å². The van der Waals surface area contributed by atoms with E-state index in [1.54, 1.807) is 36.4 Å². The molecule has 4 aromatic rings. The van der Waals surface area contributed by atoms with Gasteiger partial charge in [-0.25, -0.2) is 24.5 Å². The van der Waals surface area contributed by atoms with Crippen molar-refractivity contribution in [2.24, 2.45) is 44.6 Å². The van der Waals surface area contributed by atoms with Crippen molar-refractivity contribution in [1.82, 2.24) is 10.2 Å². The Balaban J connectivity index is -0.000000721. The van der Waals surface area contributed by atoms with Crippen molar-refractivity contribution in [3.63, 3.8) is 0 Å². The molecule has 62 heavy (non-hydrogen) atoms. The van der Waals surface area contributed by atoms with Gasteiger partial charge in [-0.2, -0.15) is 15.4 Å². The van der Waals surface area contributed by atoms with E-state index >= 15 is 0 Å². The number of aliphatic imine (C=N–C) groups is 2. The highest BCUT2D eigenvalue weighted by Gasteiger charge is 2.25. The average Bonchev–Trinajstić information content (AvgIpc) is 3.22. The van der Waals surface area contributed by atoms with E-state index in [0.29, 0.717) is 27.8 Å². The van der Waals surface area contributed by atoms with Crippen molar-refractivity contribution in [3.05, 3.63) is 87.2 Å². The number of benzene rings is 3. The molecule has 0 aliphatic carbocycles. The van der Waals surface area contributed by atoms with Crippen molar-refractivity contribution in [3.8, 4) is 6.19 Å². The van der Waals surface area contributed by atoms with Crippen LogP contribution >= 0.6 is 24.0 Å². The second-order valence-electron chi connectivity index (χ2n) is 10.5. The molecule has 6 rings (SSSR count). The first-order chi connectivity index (χ1) is 28.6. The van der Waals surface area contributed by atoms with Crippen molar-refractivity contribution in [2.75, 3.05) is 50.9 Å². The van der Waals surface area contributed by atoms with Crippen molar-refractivity contribution in [2.45, 2.75) is 27.5 Å². The maximum Gasteiger partial charge on any atom is 0.340 e. The smallest absolute Gasteiger partial charge is 0.340 e. The Hall–Kier alpha value is -7.27. The first kappa shape index (κ1) is 59.0. The Kier molecular flexibility index (Phi) is 30.1. The number of nitrogens with one attached hydrogen (secondary N) is 4. The number of H-pyrrole nitrogens is 1. The predicted molar refractivity (Wildman–Crippen MR) is 241 cm³/mol. The number of hydrazine groups is 1. The molecule has 26 heteroatoms. The van der Waals surface area contributed by atoms with Gasteiger partial charge in [-0.3, -0.25) is 21.9 Å². The number of nitriles is 1. The summed E-state index contributed by atoms with van der Waals surface area (Å²) in [5.41, 5.74) is 27.3. The minimum atomic E-state index is -1.15. The summed E-state index contributed by atoms with van der Waals surface area (Å²) in [6, 6.07) is 14.8. The summed E-state index contributed by atoms with van der Waals surface area (Å²) in [7, 11) is 3.73. The number of hydrogen-bond acceptors (Lipinski definition) is 22. The molecule has 0 fully saturated rings. The number of nitrogens with two attached hydrogens (primary N) is 7. The Bertz CT molecular complexity index is 2230. The minimum absolute atomic E-state index is 0. The normalized spacial score (nSPS) is 11.5. The first-order valence-corrected chi connectivity index (χ1v) is 17.1. The monoisotopic (exact) mass is 909 g/mol. The van der Waals surface area contributed by atoms with Crippen LogP contribution in [0.2, 0.25) is 0 Å². The number of hydrogen-bond donors (Lipinski definition) is 12. The van der Waals surface area contributed by atoms with Crippen molar-refractivity contribution in [1.29, 1.82) is 10.7 Å². The third-order valence-corrected chi connectivity index (χ3v) is 6.88. The van der Waals surface area contributed by atoms with Gasteiger partial charge in [0.05, 0.1) is 54.5 Å². The average molecular weight is 911 g/mol. The van der Waals surface area contributed by atoms with Crippen LogP contribution in [-0.2, 0) is 18.9 Å². The maximum absolute atomic E-state index is 11.5. The first-order valence-electron chi connectivity index (χ1n) is 16.7. The fourth-order valence-corrected chi connectivity index (χ4v) is 4.66. The molecule has 0 amide bonds. The maximum atomic E-state index is 11.5. The lowest BCUT2D eigenvalue weighted by Gasteiger charge is -2.21. The fourth-order valence-electron chi connectivity index (χ4n) is 4.66. The molecule has 1 aromatic heterocycles. The second kappa shape index (κ2) is 31.6. The quantitative estimate of drug-likeness (QED) is 0.0130. The summed E-state index contributed by atoms with van der Waals surface area (Å²) >= 11 is 4.64. The third kappa shape index (κ3) is 18.3. The van der Waals surface area contributed by atoms with Crippen LogP contribution in [0.3, 0.4) is 0 Å². The molecule has 19 N–H and O–H groups in total. The van der Waals surface area contributed by atoms with Crippen LogP contribution in [0, 0.1) is 16.9 Å². The highest BCUT2D eigenvalue weighted by atomic mass is 35.5. The van der Waals surface area contributed by atoms with Crippen LogP contribution in [0.15, 0.2) is 69.4 Å². The number of carbonyl (C=O) groups excluding carboxylic acids is 3. The number of aromatic nitrogens is 2. The molecule has 2 aliphatic rings. The summed E-state index contributed by atoms with van der Waals surface area (Å²) in [4.78, 5) is 53.4. The second-order valence-corrected chi connectivity index (χ2v) is 10.9. The number of guanidine groups is 2. The molecule has 24 nitrogen and oxygen atoms in total. The number of nitrogen functional groups attached to an aromatic ring is 1. The summed E-state index contributed by atoms with van der Waals surface area (Å²) in [6.07, 6.45) is 0.103. The fraction of sp³-hybridized carbons (Fsp3) is 0.250. The van der Waals surface area contributed by atoms with Gasteiger partial charge in [-0.1, -0.05) is 25.6 Å². The number of rotatable bonds is 5. The number of anilines is 3. The Morgan fingerprint density at radius 2 is 1.34 bits per heavy atom. The van der Waals surface area contributed by atoms with Crippen molar-refractivity contribution >= 4 is 92.8 Å². The number of ether oxygens (including phenoxy) is 4. The van der Waals surface area contributed by atoms with E-state index in [0.717, 1.165) is 18.9 Å². The molecule has 1 atom stereocenters. The van der Waals surface area contributed by atoms with E-state index in [-0.39, 0.29) is 65.0 Å². The number of nitrogens with zero attached hydrogens (tertiary/aromatic N) is 4. The lowest BCUT2D eigenvalue weighted by molar-refractivity contribution is 0.0556. The van der Waals surface area contributed by atoms with Gasteiger partial charge in [0.15, 0.2) is 35.5 Å². The molecule has 0 spiro atoms. The topological polar surface area (TPSA) is 433 Å². The molecule has 1 unspecified atom stereocenters. The molecular formula is C36H53Cl2N15O9. The number of esters is 3. The molecule has 0 bridgehead atoms. The zero-order valence-electron chi connectivity index (χ0n) is 33.5. The zero-order chi connectivity index (χ0) is 45.9. The number of carbonyl (C=O) groups is 3. The van der Waals surface area contributed by atoms with E-state index < -0.39 is 24.1 Å². The highest BCUT2D eigenvalue weighted by Crippen LogP contribution is 2.32.